The highest BCUT2D eigenvalue weighted by molar-refractivity contribution is 6.32. The largest absolute Gasteiger partial charge is 0.390 e. The molecule has 1 aromatic carbocycles. The summed E-state index contributed by atoms with van der Waals surface area (Å²) >= 11 is 6.12. The van der Waals surface area contributed by atoms with Crippen LogP contribution in [0.25, 0.3) is 16.6 Å². The van der Waals surface area contributed by atoms with Crippen molar-refractivity contribution >= 4 is 34.1 Å². The number of hydrogen-bond acceptors (Lipinski definition) is 7. The van der Waals surface area contributed by atoms with Crippen molar-refractivity contribution in [1.29, 1.82) is 5.26 Å². The molecule has 30 heavy (non-hydrogen) atoms. The van der Waals surface area contributed by atoms with Gasteiger partial charge in [0.1, 0.15) is 40.6 Å². The fraction of sp³-hybridized carbons (Fsp3) is 0.105. The van der Waals surface area contributed by atoms with E-state index in [1.54, 1.807) is 6.92 Å². The van der Waals surface area contributed by atoms with Crippen LogP contribution >= 0.6 is 11.6 Å². The van der Waals surface area contributed by atoms with Crippen LogP contribution in [0.4, 0.5) is 20.4 Å². The van der Waals surface area contributed by atoms with E-state index in [0.717, 1.165) is 18.3 Å². The Balaban J connectivity index is 1.86. The smallest absolute Gasteiger partial charge is 0.169 e. The maximum atomic E-state index is 14.4. The summed E-state index contributed by atoms with van der Waals surface area (Å²) in [4.78, 5) is 12.4. The van der Waals surface area contributed by atoms with Crippen LogP contribution in [0.3, 0.4) is 0 Å². The molecule has 0 bridgehead atoms. The zero-order valence-electron chi connectivity index (χ0n) is 15.4. The van der Waals surface area contributed by atoms with Gasteiger partial charge in [-0.1, -0.05) is 11.6 Å². The quantitative estimate of drug-likeness (QED) is 0.512. The van der Waals surface area contributed by atoms with Gasteiger partial charge in [-0.25, -0.2) is 28.4 Å². The number of nitrogens with one attached hydrogen (secondary N) is 1. The third-order valence-corrected chi connectivity index (χ3v) is 4.47. The minimum Gasteiger partial charge on any atom is -0.390 e. The fourth-order valence-corrected chi connectivity index (χ4v) is 3.26. The number of nitrogens with zero attached hydrogens (tertiary/aromatic N) is 6. The maximum absolute atomic E-state index is 14.4. The monoisotopic (exact) mass is 427 g/mol. The van der Waals surface area contributed by atoms with Gasteiger partial charge in [-0.05, 0) is 19.1 Å². The van der Waals surface area contributed by atoms with Crippen LogP contribution in [-0.2, 0) is 6.61 Å². The summed E-state index contributed by atoms with van der Waals surface area (Å²) in [5.41, 5.74) is 0.415. The summed E-state index contributed by atoms with van der Waals surface area (Å²) < 4.78 is 29.2. The summed E-state index contributed by atoms with van der Waals surface area (Å²) in [6.45, 7) is 1.39. The lowest BCUT2D eigenvalue weighted by Gasteiger charge is -2.08. The number of benzene rings is 1. The number of fused-ring (bicyclic) bond motifs is 1. The first kappa shape index (κ1) is 19.6. The summed E-state index contributed by atoms with van der Waals surface area (Å²) in [6, 6.07) is 5.44. The lowest BCUT2D eigenvalue weighted by atomic mass is 10.2. The van der Waals surface area contributed by atoms with E-state index < -0.39 is 11.6 Å². The molecule has 3 aromatic heterocycles. The van der Waals surface area contributed by atoms with Gasteiger partial charge < -0.3 is 10.4 Å². The molecule has 0 unspecified atom stereocenters. The van der Waals surface area contributed by atoms with Crippen LogP contribution in [0.2, 0.25) is 5.02 Å². The van der Waals surface area contributed by atoms with Crippen molar-refractivity contribution in [2.24, 2.45) is 0 Å². The highest BCUT2D eigenvalue weighted by atomic mass is 35.5. The number of nitriles is 1. The lowest BCUT2D eigenvalue weighted by Crippen LogP contribution is -2.02. The average Bonchev–Trinajstić information content (AvgIpc) is 3.15. The molecule has 0 aliphatic heterocycles. The number of rotatable bonds is 4. The van der Waals surface area contributed by atoms with Crippen LogP contribution in [-0.4, -0.2) is 29.8 Å². The van der Waals surface area contributed by atoms with Gasteiger partial charge in [0.15, 0.2) is 5.82 Å². The predicted octanol–water partition coefficient (Wildman–Crippen LogP) is 3.56. The van der Waals surface area contributed by atoms with Gasteiger partial charge in [-0.2, -0.15) is 10.4 Å². The third kappa shape index (κ3) is 3.52. The molecule has 0 aliphatic carbocycles. The van der Waals surface area contributed by atoms with E-state index in [1.807, 2.05) is 6.07 Å². The van der Waals surface area contributed by atoms with Crippen molar-refractivity contribution in [2.45, 2.75) is 13.5 Å². The number of pyridine rings is 1. The number of aromatic nitrogens is 5. The molecule has 0 amide bonds. The summed E-state index contributed by atoms with van der Waals surface area (Å²) in [6.07, 6.45) is 2.41. The van der Waals surface area contributed by atoms with Crippen molar-refractivity contribution in [3.63, 3.8) is 0 Å². The number of aliphatic hydroxyl groups is 1. The fourth-order valence-electron chi connectivity index (χ4n) is 2.97. The van der Waals surface area contributed by atoms with Gasteiger partial charge in [0.25, 0.3) is 0 Å². The second-order valence-corrected chi connectivity index (χ2v) is 6.67. The zero-order valence-corrected chi connectivity index (χ0v) is 16.1. The topological polar surface area (TPSA) is 113 Å². The van der Waals surface area contributed by atoms with Crippen LogP contribution in [0.15, 0.2) is 30.6 Å². The van der Waals surface area contributed by atoms with Crippen LogP contribution in [0, 0.1) is 29.9 Å². The normalized spacial score (nSPS) is 10.9. The third-order valence-electron chi connectivity index (χ3n) is 4.18. The zero-order chi connectivity index (χ0) is 21.4. The highest BCUT2D eigenvalue weighted by Gasteiger charge is 2.18. The first-order valence-electron chi connectivity index (χ1n) is 8.55. The highest BCUT2D eigenvalue weighted by Crippen LogP contribution is 2.30. The molecule has 4 aromatic rings. The molecule has 0 spiro atoms. The predicted molar refractivity (Wildman–Crippen MR) is 104 cm³/mol. The van der Waals surface area contributed by atoms with E-state index in [2.05, 4.69) is 25.4 Å². The lowest BCUT2D eigenvalue weighted by molar-refractivity contribution is 0.276. The molecule has 0 radical (unpaired) electrons. The van der Waals surface area contributed by atoms with Gasteiger partial charge >= 0.3 is 0 Å². The Morgan fingerprint density at radius 3 is 2.80 bits per heavy atom. The molecule has 0 saturated heterocycles. The van der Waals surface area contributed by atoms with Gasteiger partial charge in [-0.15, -0.1) is 0 Å². The molecule has 150 valence electrons. The van der Waals surface area contributed by atoms with E-state index >= 15 is 0 Å². The van der Waals surface area contributed by atoms with Crippen LogP contribution < -0.4 is 5.32 Å². The molecule has 0 atom stereocenters. The summed E-state index contributed by atoms with van der Waals surface area (Å²) in [5.74, 6) is -0.365. The number of aliphatic hydroxyl groups excluding tert-OH is 1. The number of anilines is 2. The second kappa shape index (κ2) is 7.62. The Labute approximate surface area is 173 Å². The Morgan fingerprint density at radius 2 is 2.07 bits per heavy atom. The van der Waals surface area contributed by atoms with E-state index in [4.69, 9.17) is 11.6 Å². The number of aryl methyl sites for hydroxylation is 1. The standard InChI is InChI=1S/C19H12ClF2N7O/c1-9-25-12(8-30)4-16(26-9)27-19-13-7-29(28-17(13)15(22)6-24-19)18-10(5-23)2-11(21)3-14(18)20/h2-4,6-7,30H,8H2,1H3,(H,24,25,26,27). The number of halogens is 3. The first-order valence-corrected chi connectivity index (χ1v) is 8.93. The average molecular weight is 428 g/mol. The van der Waals surface area contributed by atoms with Crippen molar-refractivity contribution in [2.75, 3.05) is 5.32 Å². The molecular formula is C19H12ClF2N7O. The maximum Gasteiger partial charge on any atom is 0.169 e. The second-order valence-electron chi connectivity index (χ2n) is 6.26. The van der Waals surface area contributed by atoms with Gasteiger partial charge in [-0.3, -0.25) is 0 Å². The molecule has 0 aliphatic rings. The minimum atomic E-state index is -0.694. The van der Waals surface area contributed by atoms with Gasteiger partial charge in [0.05, 0.1) is 34.5 Å². The van der Waals surface area contributed by atoms with Crippen molar-refractivity contribution in [1.82, 2.24) is 24.7 Å². The Bertz CT molecular complexity index is 1330. The molecule has 3 heterocycles. The van der Waals surface area contributed by atoms with E-state index in [9.17, 15) is 19.1 Å². The minimum absolute atomic E-state index is 0.0371. The first-order chi connectivity index (χ1) is 14.4. The van der Waals surface area contributed by atoms with Crippen molar-refractivity contribution in [3.8, 4) is 11.8 Å². The molecule has 4 rings (SSSR count). The summed E-state index contributed by atoms with van der Waals surface area (Å²) in [7, 11) is 0. The summed E-state index contributed by atoms with van der Waals surface area (Å²) in [5, 5.41) is 26.0. The van der Waals surface area contributed by atoms with Gasteiger partial charge in [0.2, 0.25) is 0 Å². The van der Waals surface area contributed by atoms with Crippen molar-refractivity contribution < 1.29 is 13.9 Å². The SMILES string of the molecule is Cc1nc(CO)cc(Nc2ncc(F)c3nn(-c4c(Cl)cc(F)cc4C#N)cc23)n1. The molecule has 11 heteroatoms. The van der Waals surface area contributed by atoms with E-state index in [-0.39, 0.29) is 39.6 Å². The Morgan fingerprint density at radius 1 is 1.27 bits per heavy atom. The molecule has 2 N–H and O–H groups in total. The van der Waals surface area contributed by atoms with Crippen LogP contribution in [0.1, 0.15) is 17.1 Å². The Kier molecular flexibility index (Phi) is 4.99. The molecule has 0 fully saturated rings. The Hall–Kier alpha value is -3.68. The molecular weight excluding hydrogens is 416 g/mol. The molecule has 0 saturated carbocycles. The van der Waals surface area contributed by atoms with Crippen molar-refractivity contribution in [3.05, 3.63) is 64.3 Å². The van der Waals surface area contributed by atoms with E-state index in [1.165, 1.54) is 16.9 Å². The number of hydrogen-bond donors (Lipinski definition) is 2. The van der Waals surface area contributed by atoms with E-state index in [0.29, 0.717) is 17.3 Å². The molecule has 8 nitrogen and oxygen atoms in total. The van der Waals surface area contributed by atoms with Gasteiger partial charge in [0, 0.05) is 12.3 Å². The van der Waals surface area contributed by atoms with Crippen LogP contribution in [0.5, 0.6) is 0 Å².